The van der Waals surface area contributed by atoms with Gasteiger partial charge in [0.25, 0.3) is 0 Å². The van der Waals surface area contributed by atoms with E-state index in [-0.39, 0.29) is 6.42 Å². The number of amides is 1. The molecule has 0 bridgehead atoms. The molecule has 0 radical (unpaired) electrons. The summed E-state index contributed by atoms with van der Waals surface area (Å²) in [6.07, 6.45) is -1.09. The SMILES string of the molecule is CCC(=O)N[C@H](C(=O)O)[C@@H](O)c1ccccc1. The number of nitrogens with one attached hydrogen (secondary N) is 1. The first kappa shape index (κ1) is 13.2. The Balaban J connectivity index is 2.84. The Bertz CT molecular complexity index is 391. The predicted molar refractivity (Wildman–Crippen MR) is 61.3 cm³/mol. The lowest BCUT2D eigenvalue weighted by Crippen LogP contribution is -2.44. The smallest absolute Gasteiger partial charge is 0.329 e. The van der Waals surface area contributed by atoms with Crippen LogP contribution < -0.4 is 5.32 Å². The first-order valence-electron chi connectivity index (χ1n) is 5.31. The minimum absolute atomic E-state index is 0.172. The van der Waals surface area contributed by atoms with Crippen LogP contribution in [0.2, 0.25) is 0 Å². The molecule has 0 aliphatic rings. The highest BCUT2D eigenvalue weighted by atomic mass is 16.4. The van der Waals surface area contributed by atoms with Crippen LogP contribution in [0.1, 0.15) is 25.0 Å². The van der Waals surface area contributed by atoms with E-state index in [1.54, 1.807) is 37.3 Å². The van der Waals surface area contributed by atoms with E-state index in [1.165, 1.54) is 0 Å². The molecule has 5 nitrogen and oxygen atoms in total. The number of carbonyl (C=O) groups excluding carboxylic acids is 1. The number of benzene rings is 1. The van der Waals surface area contributed by atoms with E-state index in [2.05, 4.69) is 5.32 Å². The van der Waals surface area contributed by atoms with Gasteiger partial charge in [0.1, 0.15) is 6.10 Å². The van der Waals surface area contributed by atoms with Crippen molar-refractivity contribution in [1.29, 1.82) is 0 Å². The highest BCUT2D eigenvalue weighted by Gasteiger charge is 2.28. The first-order chi connectivity index (χ1) is 8.06. The average molecular weight is 237 g/mol. The topological polar surface area (TPSA) is 86.6 Å². The Morgan fingerprint density at radius 1 is 1.29 bits per heavy atom. The third-order valence-corrected chi connectivity index (χ3v) is 2.36. The molecule has 0 heterocycles. The highest BCUT2D eigenvalue weighted by molar-refractivity contribution is 5.83. The van der Waals surface area contributed by atoms with Crippen LogP contribution in [0.25, 0.3) is 0 Å². The van der Waals surface area contributed by atoms with Crippen LogP contribution in [0.3, 0.4) is 0 Å². The van der Waals surface area contributed by atoms with Crippen LogP contribution in [0.15, 0.2) is 30.3 Å². The van der Waals surface area contributed by atoms with Crippen molar-refractivity contribution in [2.45, 2.75) is 25.5 Å². The van der Waals surface area contributed by atoms with Crippen molar-refractivity contribution in [2.75, 3.05) is 0 Å². The van der Waals surface area contributed by atoms with E-state index in [1.807, 2.05) is 0 Å². The third-order valence-electron chi connectivity index (χ3n) is 2.36. The summed E-state index contributed by atoms with van der Waals surface area (Å²) in [6.45, 7) is 1.61. The Labute approximate surface area is 99.1 Å². The maximum absolute atomic E-state index is 11.2. The van der Waals surface area contributed by atoms with Crippen molar-refractivity contribution in [3.63, 3.8) is 0 Å². The summed E-state index contributed by atoms with van der Waals surface area (Å²) in [5, 5.41) is 21.2. The van der Waals surface area contributed by atoms with Crippen molar-refractivity contribution in [1.82, 2.24) is 5.32 Å². The van der Waals surface area contributed by atoms with Crippen LogP contribution in [-0.4, -0.2) is 28.1 Å². The first-order valence-corrected chi connectivity index (χ1v) is 5.31. The van der Waals surface area contributed by atoms with Crippen molar-refractivity contribution in [2.24, 2.45) is 0 Å². The molecule has 0 unspecified atom stereocenters. The predicted octanol–water partition coefficient (Wildman–Crippen LogP) is 0.699. The number of aliphatic carboxylic acids is 1. The Kier molecular flexibility index (Phi) is 4.66. The molecule has 0 aromatic heterocycles. The fraction of sp³-hybridized carbons (Fsp3) is 0.333. The normalized spacial score (nSPS) is 13.8. The number of carboxylic acids is 1. The zero-order chi connectivity index (χ0) is 12.8. The van der Waals surface area contributed by atoms with Gasteiger partial charge in [-0.05, 0) is 5.56 Å². The molecule has 5 heteroatoms. The second-order valence-corrected chi connectivity index (χ2v) is 3.59. The van der Waals surface area contributed by atoms with E-state index in [0.717, 1.165) is 0 Å². The molecule has 1 aromatic carbocycles. The molecule has 0 aliphatic carbocycles. The van der Waals surface area contributed by atoms with E-state index < -0.39 is 24.0 Å². The van der Waals surface area contributed by atoms with Crippen LogP contribution in [0.4, 0.5) is 0 Å². The Morgan fingerprint density at radius 3 is 2.35 bits per heavy atom. The molecule has 2 atom stereocenters. The largest absolute Gasteiger partial charge is 0.480 e. The van der Waals surface area contributed by atoms with Gasteiger partial charge < -0.3 is 15.5 Å². The molecular formula is C12H15NO4. The molecule has 1 rings (SSSR count). The van der Waals surface area contributed by atoms with Crippen LogP contribution >= 0.6 is 0 Å². The quantitative estimate of drug-likeness (QED) is 0.703. The van der Waals surface area contributed by atoms with Crippen molar-refractivity contribution in [3.8, 4) is 0 Å². The summed E-state index contributed by atoms with van der Waals surface area (Å²) >= 11 is 0. The van der Waals surface area contributed by atoms with Gasteiger partial charge in [-0.1, -0.05) is 37.3 Å². The number of aliphatic hydroxyl groups is 1. The van der Waals surface area contributed by atoms with Crippen molar-refractivity contribution >= 4 is 11.9 Å². The van der Waals surface area contributed by atoms with Crippen molar-refractivity contribution < 1.29 is 19.8 Å². The van der Waals surface area contributed by atoms with Gasteiger partial charge in [-0.2, -0.15) is 0 Å². The van der Waals surface area contributed by atoms with Gasteiger partial charge in [0.05, 0.1) is 0 Å². The number of aliphatic hydroxyl groups excluding tert-OH is 1. The van der Waals surface area contributed by atoms with Gasteiger partial charge in [-0.25, -0.2) is 4.79 Å². The molecule has 0 saturated carbocycles. The van der Waals surface area contributed by atoms with Crippen molar-refractivity contribution in [3.05, 3.63) is 35.9 Å². The lowest BCUT2D eigenvalue weighted by molar-refractivity contribution is -0.145. The summed E-state index contributed by atoms with van der Waals surface area (Å²) in [7, 11) is 0. The number of hydrogen-bond donors (Lipinski definition) is 3. The summed E-state index contributed by atoms with van der Waals surface area (Å²) in [5.41, 5.74) is 0.455. The van der Waals surface area contributed by atoms with Crippen LogP contribution in [0, 0.1) is 0 Å². The maximum atomic E-state index is 11.2. The Hall–Kier alpha value is -1.88. The average Bonchev–Trinajstić information content (AvgIpc) is 2.35. The molecule has 1 amide bonds. The molecule has 0 spiro atoms. The molecular weight excluding hydrogens is 222 g/mol. The monoisotopic (exact) mass is 237 g/mol. The van der Waals surface area contributed by atoms with Gasteiger partial charge in [0.2, 0.25) is 5.91 Å². The fourth-order valence-electron chi connectivity index (χ4n) is 1.39. The second kappa shape index (κ2) is 6.00. The number of hydrogen-bond acceptors (Lipinski definition) is 3. The van der Waals surface area contributed by atoms with E-state index in [9.17, 15) is 14.7 Å². The van der Waals surface area contributed by atoms with E-state index in [0.29, 0.717) is 5.56 Å². The minimum atomic E-state index is -1.33. The molecule has 92 valence electrons. The second-order valence-electron chi connectivity index (χ2n) is 3.59. The summed E-state index contributed by atoms with van der Waals surface area (Å²) in [6, 6.07) is 7.04. The molecule has 17 heavy (non-hydrogen) atoms. The zero-order valence-corrected chi connectivity index (χ0v) is 9.46. The number of rotatable bonds is 5. The van der Waals surface area contributed by atoms with Gasteiger partial charge >= 0.3 is 5.97 Å². The highest BCUT2D eigenvalue weighted by Crippen LogP contribution is 2.16. The van der Waals surface area contributed by atoms with E-state index in [4.69, 9.17) is 5.11 Å². The van der Waals surface area contributed by atoms with E-state index >= 15 is 0 Å². The lowest BCUT2D eigenvalue weighted by Gasteiger charge is -2.20. The summed E-state index contributed by atoms with van der Waals surface area (Å²) in [4.78, 5) is 22.2. The molecule has 0 fully saturated rings. The number of carbonyl (C=O) groups is 2. The van der Waals surface area contributed by atoms with Gasteiger partial charge in [0.15, 0.2) is 6.04 Å². The molecule has 0 saturated heterocycles. The fourth-order valence-corrected chi connectivity index (χ4v) is 1.39. The van der Waals surface area contributed by atoms with Crippen LogP contribution in [-0.2, 0) is 9.59 Å². The van der Waals surface area contributed by atoms with Gasteiger partial charge in [0, 0.05) is 6.42 Å². The van der Waals surface area contributed by atoms with Crippen LogP contribution in [0.5, 0.6) is 0 Å². The van der Waals surface area contributed by atoms with Gasteiger partial charge in [-0.15, -0.1) is 0 Å². The standard InChI is InChI=1S/C12H15NO4/c1-2-9(14)13-10(12(16)17)11(15)8-6-4-3-5-7-8/h3-7,10-11,15H,2H2,1H3,(H,13,14)(H,16,17)/t10-,11-/m0/s1. The molecule has 1 aromatic rings. The molecule has 0 aliphatic heterocycles. The summed E-state index contributed by atoms with van der Waals surface area (Å²) < 4.78 is 0. The minimum Gasteiger partial charge on any atom is -0.480 e. The maximum Gasteiger partial charge on any atom is 0.329 e. The summed E-state index contributed by atoms with van der Waals surface area (Å²) in [5.74, 6) is -1.67. The third kappa shape index (κ3) is 3.57. The lowest BCUT2D eigenvalue weighted by atomic mass is 10.0. The number of carboxylic acid groups (broad SMARTS) is 1. The zero-order valence-electron chi connectivity index (χ0n) is 9.46. The Morgan fingerprint density at radius 2 is 1.88 bits per heavy atom. The molecule has 3 N–H and O–H groups in total. The van der Waals surface area contributed by atoms with Gasteiger partial charge in [-0.3, -0.25) is 4.79 Å².